The molecule has 0 aliphatic heterocycles. The Morgan fingerprint density at radius 2 is 1.00 bits per heavy atom. The summed E-state index contributed by atoms with van der Waals surface area (Å²) in [5, 5.41) is 1.24. The second kappa shape index (κ2) is 10.7. The molecule has 0 N–H and O–H groups in total. The fourth-order valence-electron chi connectivity index (χ4n) is 6.58. The molecule has 0 spiro atoms. The third-order valence-corrected chi connectivity index (χ3v) is 8.63. The van der Waals surface area contributed by atoms with E-state index in [1.165, 1.54) is 27.5 Å². The molecule has 0 bridgehead atoms. The number of imidazole rings is 1. The van der Waals surface area contributed by atoms with E-state index in [0.29, 0.717) is 0 Å². The Balaban J connectivity index is 1.25. The van der Waals surface area contributed by atoms with Gasteiger partial charge in [-0.2, -0.15) is 0 Å². The van der Waals surface area contributed by atoms with Gasteiger partial charge in [0.1, 0.15) is 5.65 Å². The highest BCUT2D eigenvalue weighted by Crippen LogP contribution is 2.41. The maximum Gasteiger partial charge on any atom is 0.131 e. The maximum atomic E-state index is 4.95. The van der Waals surface area contributed by atoms with Crippen molar-refractivity contribution < 1.29 is 0 Å². The van der Waals surface area contributed by atoms with Gasteiger partial charge >= 0.3 is 0 Å². The van der Waals surface area contributed by atoms with Crippen molar-refractivity contribution in [2.24, 2.45) is 0 Å². The molecule has 216 valence electrons. The van der Waals surface area contributed by atoms with Crippen molar-refractivity contribution in [3.63, 3.8) is 0 Å². The van der Waals surface area contributed by atoms with Gasteiger partial charge in [-0.05, 0) is 83.4 Å². The monoisotopic (exact) mass is 589 g/mol. The normalized spacial score (nSPS) is 11.5. The number of pyridine rings is 3. The summed E-state index contributed by atoms with van der Waals surface area (Å²) < 4.78 is 4.80. The van der Waals surface area contributed by atoms with Crippen molar-refractivity contribution in [3.05, 3.63) is 164 Å². The van der Waals surface area contributed by atoms with Crippen LogP contribution in [0.5, 0.6) is 0 Å². The summed E-state index contributed by atoms with van der Waals surface area (Å²) in [6, 6.07) is 52.9. The standard InChI is InChI=1S/C41H27N5/c1-2-12-29(13-3-1)40-32-14-4-5-17-37(32)46-39-19-7-6-18-38(39)45(41(40)46)31-22-20-28(21-23-31)30-26-35(33-15-8-10-24-42-33)44-36(27-30)34-16-9-11-25-43-34/h1-27H. The van der Waals surface area contributed by atoms with Crippen LogP contribution in [0.25, 0.3) is 78.3 Å². The first kappa shape index (κ1) is 26.1. The number of rotatable bonds is 5. The van der Waals surface area contributed by atoms with E-state index in [9.17, 15) is 0 Å². The highest BCUT2D eigenvalue weighted by atomic mass is 15.1. The molecule has 0 aliphatic carbocycles. The van der Waals surface area contributed by atoms with Crippen LogP contribution < -0.4 is 0 Å². The van der Waals surface area contributed by atoms with E-state index in [-0.39, 0.29) is 0 Å². The number of para-hydroxylation sites is 3. The van der Waals surface area contributed by atoms with E-state index < -0.39 is 0 Å². The van der Waals surface area contributed by atoms with Crippen LogP contribution in [0.2, 0.25) is 0 Å². The molecule has 4 aromatic carbocycles. The van der Waals surface area contributed by atoms with Gasteiger partial charge in [-0.15, -0.1) is 0 Å². The predicted molar refractivity (Wildman–Crippen MR) is 187 cm³/mol. The van der Waals surface area contributed by atoms with Crippen LogP contribution in [-0.4, -0.2) is 23.9 Å². The molecule has 0 radical (unpaired) electrons. The molecule has 9 aromatic rings. The van der Waals surface area contributed by atoms with Crippen LogP contribution in [-0.2, 0) is 0 Å². The number of nitrogens with zero attached hydrogens (tertiary/aromatic N) is 5. The summed E-state index contributed by atoms with van der Waals surface area (Å²) in [6.07, 6.45) is 3.60. The Morgan fingerprint density at radius 3 is 1.65 bits per heavy atom. The lowest BCUT2D eigenvalue weighted by Gasteiger charge is -2.12. The number of hydrogen-bond acceptors (Lipinski definition) is 3. The largest absolute Gasteiger partial charge is 0.293 e. The average molecular weight is 590 g/mol. The van der Waals surface area contributed by atoms with E-state index in [1.807, 2.05) is 36.4 Å². The lowest BCUT2D eigenvalue weighted by molar-refractivity contribution is 1.15. The highest BCUT2D eigenvalue weighted by molar-refractivity contribution is 6.09. The molecule has 5 nitrogen and oxygen atoms in total. The molecule has 9 rings (SSSR count). The molecule has 0 fully saturated rings. The lowest BCUT2D eigenvalue weighted by atomic mass is 10.0. The molecular weight excluding hydrogens is 562 g/mol. The van der Waals surface area contributed by atoms with Gasteiger partial charge in [0.05, 0.1) is 39.3 Å². The first-order valence-electron chi connectivity index (χ1n) is 15.4. The third-order valence-electron chi connectivity index (χ3n) is 8.63. The fourth-order valence-corrected chi connectivity index (χ4v) is 6.58. The molecule has 0 saturated carbocycles. The minimum absolute atomic E-state index is 0.813. The minimum Gasteiger partial charge on any atom is -0.293 e. The van der Waals surface area contributed by atoms with Gasteiger partial charge < -0.3 is 0 Å². The quantitative estimate of drug-likeness (QED) is 0.201. The molecule has 0 saturated heterocycles. The van der Waals surface area contributed by atoms with E-state index in [2.05, 4.69) is 134 Å². The Hall–Kier alpha value is -6.33. The molecule has 5 aromatic heterocycles. The number of benzene rings is 4. The zero-order valence-corrected chi connectivity index (χ0v) is 24.8. The Bertz CT molecular complexity index is 2440. The second-order valence-corrected chi connectivity index (χ2v) is 11.3. The third kappa shape index (κ3) is 4.21. The molecule has 0 aliphatic rings. The van der Waals surface area contributed by atoms with Crippen LogP contribution in [0.4, 0.5) is 0 Å². The van der Waals surface area contributed by atoms with Gasteiger partial charge in [0.2, 0.25) is 0 Å². The Morgan fingerprint density at radius 1 is 0.413 bits per heavy atom. The van der Waals surface area contributed by atoms with Crippen LogP contribution in [0, 0.1) is 0 Å². The lowest BCUT2D eigenvalue weighted by Crippen LogP contribution is -1.96. The molecule has 5 heteroatoms. The topological polar surface area (TPSA) is 48.0 Å². The van der Waals surface area contributed by atoms with Crippen molar-refractivity contribution in [2.75, 3.05) is 0 Å². The summed E-state index contributed by atoms with van der Waals surface area (Å²) in [6.45, 7) is 0. The van der Waals surface area contributed by atoms with Crippen LogP contribution >= 0.6 is 0 Å². The van der Waals surface area contributed by atoms with Gasteiger partial charge in [-0.3, -0.25) is 18.9 Å². The predicted octanol–water partition coefficient (Wildman–Crippen LogP) is 9.89. The summed E-state index contributed by atoms with van der Waals surface area (Å²) >= 11 is 0. The zero-order chi connectivity index (χ0) is 30.5. The van der Waals surface area contributed by atoms with Crippen LogP contribution in [0.1, 0.15) is 0 Å². The van der Waals surface area contributed by atoms with Crippen molar-refractivity contribution in [3.8, 4) is 50.7 Å². The molecule has 46 heavy (non-hydrogen) atoms. The van der Waals surface area contributed by atoms with Crippen molar-refractivity contribution in [1.29, 1.82) is 0 Å². The van der Waals surface area contributed by atoms with E-state index in [4.69, 9.17) is 4.98 Å². The molecular formula is C41H27N5. The number of fused-ring (bicyclic) bond motifs is 5. The summed E-state index contributed by atoms with van der Waals surface area (Å²) in [5.74, 6) is 0. The molecule has 0 amide bonds. The van der Waals surface area contributed by atoms with Crippen LogP contribution in [0.15, 0.2) is 164 Å². The maximum absolute atomic E-state index is 4.95. The Kier molecular flexibility index (Phi) is 6.06. The number of aromatic nitrogens is 5. The van der Waals surface area contributed by atoms with Gasteiger partial charge in [0.15, 0.2) is 0 Å². The van der Waals surface area contributed by atoms with Gasteiger partial charge in [0, 0.05) is 29.0 Å². The smallest absolute Gasteiger partial charge is 0.131 e. The molecule has 0 atom stereocenters. The first-order chi connectivity index (χ1) is 22.8. The van der Waals surface area contributed by atoms with Crippen molar-refractivity contribution in [2.45, 2.75) is 0 Å². The average Bonchev–Trinajstić information content (AvgIpc) is 3.65. The van der Waals surface area contributed by atoms with E-state index in [1.54, 1.807) is 12.4 Å². The Labute approximate surface area is 265 Å². The SMILES string of the molecule is c1ccc(-c2c3ccccc3n3c4ccccc4n(-c4ccc(-c5cc(-c6ccccn6)nc(-c6ccccn6)c5)cc4)c23)cc1. The van der Waals surface area contributed by atoms with E-state index >= 15 is 0 Å². The van der Waals surface area contributed by atoms with Gasteiger partial charge in [-0.25, -0.2) is 4.98 Å². The number of hydrogen-bond donors (Lipinski definition) is 0. The minimum atomic E-state index is 0.813. The second-order valence-electron chi connectivity index (χ2n) is 11.3. The van der Waals surface area contributed by atoms with Gasteiger partial charge in [-0.1, -0.05) is 84.9 Å². The van der Waals surface area contributed by atoms with E-state index in [0.717, 1.165) is 50.8 Å². The fraction of sp³-hybridized carbons (Fsp3) is 0. The highest BCUT2D eigenvalue weighted by Gasteiger charge is 2.22. The van der Waals surface area contributed by atoms with Crippen molar-refractivity contribution >= 4 is 27.6 Å². The summed E-state index contributed by atoms with van der Waals surface area (Å²) in [5.41, 5.74) is 13.6. The van der Waals surface area contributed by atoms with Crippen molar-refractivity contribution in [1.82, 2.24) is 23.9 Å². The molecule has 0 unspecified atom stereocenters. The van der Waals surface area contributed by atoms with Crippen LogP contribution in [0.3, 0.4) is 0 Å². The molecule has 5 heterocycles. The zero-order valence-electron chi connectivity index (χ0n) is 24.8. The summed E-state index contributed by atoms with van der Waals surface area (Å²) in [7, 11) is 0. The van der Waals surface area contributed by atoms with Gasteiger partial charge in [0.25, 0.3) is 0 Å². The summed E-state index contributed by atoms with van der Waals surface area (Å²) in [4.78, 5) is 14.1. The first-order valence-corrected chi connectivity index (χ1v) is 15.4.